The summed E-state index contributed by atoms with van der Waals surface area (Å²) in [7, 11) is 0. The molecule has 0 amide bonds. The third-order valence-corrected chi connectivity index (χ3v) is 3.03. The van der Waals surface area contributed by atoms with E-state index in [2.05, 4.69) is 0 Å². The molecular formula is C17H20O3. The average Bonchev–Trinajstić information content (AvgIpc) is 2.49. The van der Waals surface area contributed by atoms with Crippen LogP contribution in [0.25, 0.3) is 0 Å². The summed E-state index contributed by atoms with van der Waals surface area (Å²) >= 11 is 0. The lowest BCUT2D eigenvalue weighted by atomic mass is 10.1. The van der Waals surface area contributed by atoms with Crippen molar-refractivity contribution in [1.29, 1.82) is 0 Å². The zero-order valence-corrected chi connectivity index (χ0v) is 11.9. The van der Waals surface area contributed by atoms with Crippen LogP contribution in [0.15, 0.2) is 48.5 Å². The Hall–Kier alpha value is -2.00. The Morgan fingerprint density at radius 3 is 2.20 bits per heavy atom. The SMILES string of the molecule is CCOc1ccccc1Oc1ccc([C@H](O)CC)cc1. The molecule has 0 aliphatic rings. The zero-order valence-electron chi connectivity index (χ0n) is 11.9. The van der Waals surface area contributed by atoms with Crippen molar-refractivity contribution in [3.8, 4) is 17.2 Å². The van der Waals surface area contributed by atoms with Crippen LogP contribution in [0.5, 0.6) is 17.2 Å². The standard InChI is InChI=1S/C17H20O3/c1-3-15(18)13-9-11-14(12-10-13)20-17-8-6-5-7-16(17)19-4-2/h5-12,15,18H,3-4H2,1-2H3/t15-/m1/s1. The molecule has 0 unspecified atom stereocenters. The van der Waals surface area contributed by atoms with Gasteiger partial charge < -0.3 is 14.6 Å². The van der Waals surface area contributed by atoms with Crippen molar-refractivity contribution in [1.82, 2.24) is 0 Å². The highest BCUT2D eigenvalue weighted by molar-refractivity contribution is 5.43. The van der Waals surface area contributed by atoms with E-state index in [0.717, 1.165) is 17.1 Å². The van der Waals surface area contributed by atoms with Crippen LogP contribution in [0.1, 0.15) is 31.9 Å². The predicted molar refractivity (Wildman–Crippen MR) is 79.4 cm³/mol. The largest absolute Gasteiger partial charge is 0.490 e. The molecule has 0 heterocycles. The molecule has 2 aromatic carbocycles. The van der Waals surface area contributed by atoms with Gasteiger partial charge in [0, 0.05) is 0 Å². The van der Waals surface area contributed by atoms with E-state index in [0.29, 0.717) is 18.8 Å². The van der Waals surface area contributed by atoms with E-state index in [4.69, 9.17) is 9.47 Å². The van der Waals surface area contributed by atoms with Gasteiger partial charge in [-0.25, -0.2) is 0 Å². The Morgan fingerprint density at radius 2 is 1.60 bits per heavy atom. The molecule has 0 aliphatic carbocycles. The number of aliphatic hydroxyl groups is 1. The summed E-state index contributed by atoms with van der Waals surface area (Å²) in [6.45, 7) is 4.49. The van der Waals surface area contributed by atoms with Crippen molar-refractivity contribution < 1.29 is 14.6 Å². The van der Waals surface area contributed by atoms with E-state index in [1.807, 2.05) is 62.4 Å². The molecule has 2 aromatic rings. The number of para-hydroxylation sites is 2. The van der Waals surface area contributed by atoms with Crippen LogP contribution >= 0.6 is 0 Å². The first-order valence-electron chi connectivity index (χ1n) is 6.92. The van der Waals surface area contributed by atoms with Crippen LogP contribution in [-0.2, 0) is 0 Å². The van der Waals surface area contributed by atoms with Crippen molar-refractivity contribution in [2.75, 3.05) is 6.61 Å². The molecule has 20 heavy (non-hydrogen) atoms. The molecule has 0 aliphatic heterocycles. The second-order valence-electron chi connectivity index (χ2n) is 4.47. The highest BCUT2D eigenvalue weighted by atomic mass is 16.5. The highest BCUT2D eigenvalue weighted by Gasteiger charge is 2.07. The van der Waals surface area contributed by atoms with E-state index in [9.17, 15) is 5.11 Å². The number of hydrogen-bond acceptors (Lipinski definition) is 3. The van der Waals surface area contributed by atoms with Gasteiger partial charge in [0.25, 0.3) is 0 Å². The molecule has 0 saturated heterocycles. The van der Waals surface area contributed by atoms with Crippen LogP contribution in [0, 0.1) is 0 Å². The number of aliphatic hydroxyl groups excluding tert-OH is 1. The molecular weight excluding hydrogens is 252 g/mol. The molecule has 1 atom stereocenters. The van der Waals surface area contributed by atoms with Gasteiger partial charge in [0.2, 0.25) is 0 Å². The van der Waals surface area contributed by atoms with E-state index in [1.165, 1.54) is 0 Å². The minimum atomic E-state index is -0.417. The first-order valence-corrected chi connectivity index (χ1v) is 6.92. The van der Waals surface area contributed by atoms with Crippen LogP contribution < -0.4 is 9.47 Å². The minimum Gasteiger partial charge on any atom is -0.490 e. The maximum Gasteiger partial charge on any atom is 0.169 e. The van der Waals surface area contributed by atoms with Gasteiger partial charge in [-0.15, -0.1) is 0 Å². The van der Waals surface area contributed by atoms with Gasteiger partial charge in [0.1, 0.15) is 5.75 Å². The number of hydrogen-bond donors (Lipinski definition) is 1. The first-order chi connectivity index (χ1) is 9.74. The van der Waals surface area contributed by atoms with Crippen molar-refractivity contribution in [2.45, 2.75) is 26.4 Å². The minimum absolute atomic E-state index is 0.417. The zero-order chi connectivity index (χ0) is 14.4. The lowest BCUT2D eigenvalue weighted by Gasteiger charge is -2.12. The monoisotopic (exact) mass is 272 g/mol. The van der Waals surface area contributed by atoms with E-state index >= 15 is 0 Å². The van der Waals surface area contributed by atoms with Gasteiger partial charge in [-0.05, 0) is 43.2 Å². The van der Waals surface area contributed by atoms with Crippen LogP contribution in [0.4, 0.5) is 0 Å². The van der Waals surface area contributed by atoms with Crippen molar-refractivity contribution in [3.05, 3.63) is 54.1 Å². The van der Waals surface area contributed by atoms with Gasteiger partial charge in [-0.3, -0.25) is 0 Å². The van der Waals surface area contributed by atoms with Gasteiger partial charge in [0.05, 0.1) is 12.7 Å². The van der Waals surface area contributed by atoms with Gasteiger partial charge in [-0.1, -0.05) is 31.2 Å². The lowest BCUT2D eigenvalue weighted by molar-refractivity contribution is 0.173. The lowest BCUT2D eigenvalue weighted by Crippen LogP contribution is -1.96. The first kappa shape index (κ1) is 14.4. The maximum absolute atomic E-state index is 9.76. The van der Waals surface area contributed by atoms with Gasteiger partial charge in [0.15, 0.2) is 11.5 Å². The van der Waals surface area contributed by atoms with Gasteiger partial charge in [-0.2, -0.15) is 0 Å². The Kier molecular flexibility index (Phi) is 5.02. The molecule has 0 fully saturated rings. The summed E-state index contributed by atoms with van der Waals surface area (Å²) in [6, 6.07) is 15.1. The summed E-state index contributed by atoms with van der Waals surface area (Å²) in [5.41, 5.74) is 0.901. The number of benzene rings is 2. The molecule has 0 radical (unpaired) electrons. The number of ether oxygens (including phenoxy) is 2. The highest BCUT2D eigenvalue weighted by Crippen LogP contribution is 2.31. The fourth-order valence-electron chi connectivity index (χ4n) is 1.93. The summed E-state index contributed by atoms with van der Waals surface area (Å²) in [5, 5.41) is 9.76. The Labute approximate surface area is 119 Å². The third-order valence-electron chi connectivity index (χ3n) is 3.03. The molecule has 2 rings (SSSR count). The molecule has 3 heteroatoms. The Balaban J connectivity index is 2.14. The molecule has 0 bridgehead atoms. The van der Waals surface area contributed by atoms with Crippen LogP contribution in [-0.4, -0.2) is 11.7 Å². The fourth-order valence-corrected chi connectivity index (χ4v) is 1.93. The Bertz CT molecular complexity index is 534. The summed E-state index contributed by atoms with van der Waals surface area (Å²) in [4.78, 5) is 0. The van der Waals surface area contributed by atoms with Crippen LogP contribution in [0.2, 0.25) is 0 Å². The van der Waals surface area contributed by atoms with Crippen molar-refractivity contribution >= 4 is 0 Å². The van der Waals surface area contributed by atoms with Crippen molar-refractivity contribution in [2.24, 2.45) is 0 Å². The van der Waals surface area contributed by atoms with E-state index < -0.39 is 6.10 Å². The second-order valence-corrected chi connectivity index (χ2v) is 4.47. The van der Waals surface area contributed by atoms with E-state index in [1.54, 1.807) is 0 Å². The summed E-state index contributed by atoms with van der Waals surface area (Å²) in [6.07, 6.45) is 0.285. The summed E-state index contributed by atoms with van der Waals surface area (Å²) < 4.78 is 11.3. The van der Waals surface area contributed by atoms with E-state index in [-0.39, 0.29) is 0 Å². The van der Waals surface area contributed by atoms with Gasteiger partial charge >= 0.3 is 0 Å². The van der Waals surface area contributed by atoms with Crippen molar-refractivity contribution in [3.63, 3.8) is 0 Å². The Morgan fingerprint density at radius 1 is 0.950 bits per heavy atom. The van der Waals surface area contributed by atoms with Crippen LogP contribution in [0.3, 0.4) is 0 Å². The molecule has 0 spiro atoms. The number of rotatable bonds is 6. The topological polar surface area (TPSA) is 38.7 Å². The molecule has 0 saturated carbocycles. The molecule has 106 valence electrons. The predicted octanol–water partition coefficient (Wildman–Crippen LogP) is 4.32. The smallest absolute Gasteiger partial charge is 0.169 e. The molecule has 1 N–H and O–H groups in total. The molecule has 3 nitrogen and oxygen atoms in total. The fraction of sp³-hybridized carbons (Fsp3) is 0.294. The summed E-state index contributed by atoms with van der Waals surface area (Å²) in [5.74, 6) is 2.15. The maximum atomic E-state index is 9.76. The third kappa shape index (κ3) is 3.52. The molecule has 0 aromatic heterocycles. The quantitative estimate of drug-likeness (QED) is 0.851. The second kappa shape index (κ2) is 6.96. The normalized spacial score (nSPS) is 11.9. The average molecular weight is 272 g/mol.